The Morgan fingerprint density at radius 1 is 0.314 bits per heavy atom. The molecule has 0 saturated heterocycles. The van der Waals surface area contributed by atoms with Crippen LogP contribution in [0.1, 0.15) is 258 Å². The summed E-state index contributed by atoms with van der Waals surface area (Å²) in [5.74, 6) is -1.03. The first-order chi connectivity index (χ1) is 34.5. The van der Waals surface area contributed by atoms with Gasteiger partial charge in [0, 0.05) is 19.3 Å². The van der Waals surface area contributed by atoms with Crippen molar-refractivity contribution in [3.8, 4) is 0 Å². The van der Waals surface area contributed by atoms with Gasteiger partial charge < -0.3 is 14.2 Å². The van der Waals surface area contributed by atoms with Crippen molar-refractivity contribution < 1.29 is 28.6 Å². The zero-order valence-corrected chi connectivity index (χ0v) is 45.5. The first-order valence-electron chi connectivity index (χ1n) is 28.9. The van der Waals surface area contributed by atoms with Crippen LogP contribution in [0.3, 0.4) is 0 Å². The van der Waals surface area contributed by atoms with Gasteiger partial charge >= 0.3 is 17.9 Å². The molecule has 6 nitrogen and oxygen atoms in total. The van der Waals surface area contributed by atoms with Crippen LogP contribution in [0.25, 0.3) is 0 Å². The molecule has 0 aliphatic heterocycles. The predicted octanol–water partition coefficient (Wildman–Crippen LogP) is 19.5. The number of unbranched alkanes of at least 4 members (excludes halogenated alkanes) is 24. The molecule has 0 fully saturated rings. The van der Waals surface area contributed by atoms with Crippen LogP contribution in [0.2, 0.25) is 0 Å². The quantitative estimate of drug-likeness (QED) is 0.0199. The minimum atomic E-state index is -0.823. The average Bonchev–Trinajstić information content (AvgIpc) is 3.36. The molecule has 0 N–H and O–H groups in total. The third kappa shape index (κ3) is 55.0. The molecule has 6 heteroatoms. The standard InChI is InChI=1S/C64H106O6/c1-4-7-10-13-16-19-22-25-28-31-33-36-39-42-45-48-51-54-57-63(66)69-60-61(59-68-62(65)56-53-50-47-44-41-38-35-30-27-24-21-18-15-12-9-6-3)70-64(67)58-55-52-49-46-43-40-37-34-32-29-26-23-20-17-14-11-8-5-2/h9,12,18,21-22,25,27-28,30-31,33-34,36-38,41,47,50,61H,4-8,10-11,13-17,19-20,23-24,26,29,32,35,39-40,42-46,48-49,51-60H2,1-3H3/b12-9-,21-18-,25-22-,30-27-,31-28-,36-33-,37-34-,41-38-,50-47-. The maximum absolute atomic E-state index is 12.9. The highest BCUT2D eigenvalue weighted by Gasteiger charge is 2.19. The van der Waals surface area contributed by atoms with Gasteiger partial charge in [0.05, 0.1) is 0 Å². The fraction of sp³-hybridized carbons (Fsp3) is 0.672. The van der Waals surface area contributed by atoms with E-state index in [0.717, 1.165) is 109 Å². The molecule has 0 aromatic rings. The average molecular weight is 972 g/mol. The van der Waals surface area contributed by atoms with Crippen LogP contribution in [0.4, 0.5) is 0 Å². The maximum atomic E-state index is 12.9. The lowest BCUT2D eigenvalue weighted by Gasteiger charge is -2.18. The lowest BCUT2D eigenvalue weighted by Crippen LogP contribution is -2.30. The smallest absolute Gasteiger partial charge is 0.306 e. The fourth-order valence-corrected chi connectivity index (χ4v) is 7.72. The van der Waals surface area contributed by atoms with Crippen LogP contribution < -0.4 is 0 Å². The number of carbonyl (C=O) groups excluding carboxylic acids is 3. The van der Waals surface area contributed by atoms with Crippen LogP contribution >= 0.6 is 0 Å². The predicted molar refractivity (Wildman–Crippen MR) is 302 cm³/mol. The molecular weight excluding hydrogens is 865 g/mol. The first kappa shape index (κ1) is 66.1. The first-order valence-corrected chi connectivity index (χ1v) is 28.9. The Hall–Kier alpha value is -3.93. The third-order valence-electron chi connectivity index (χ3n) is 12.1. The Morgan fingerprint density at radius 3 is 1.07 bits per heavy atom. The summed E-state index contributed by atoms with van der Waals surface area (Å²) in [6.45, 7) is 6.43. The van der Waals surface area contributed by atoms with E-state index in [9.17, 15) is 14.4 Å². The zero-order chi connectivity index (χ0) is 50.7. The number of allylic oxidation sites excluding steroid dienone is 18. The third-order valence-corrected chi connectivity index (χ3v) is 12.1. The Bertz CT molecular complexity index is 1440. The molecule has 0 spiro atoms. The molecule has 0 bridgehead atoms. The van der Waals surface area contributed by atoms with Crippen LogP contribution in [-0.4, -0.2) is 37.2 Å². The largest absolute Gasteiger partial charge is 0.462 e. The van der Waals surface area contributed by atoms with Crippen molar-refractivity contribution in [2.75, 3.05) is 13.2 Å². The summed E-state index contributed by atoms with van der Waals surface area (Å²) in [6.07, 6.45) is 78.0. The van der Waals surface area contributed by atoms with E-state index in [1.165, 1.54) is 103 Å². The molecule has 0 aliphatic rings. The Kier molecular flexibility index (Phi) is 54.4. The molecule has 0 saturated carbocycles. The van der Waals surface area contributed by atoms with Gasteiger partial charge in [0.1, 0.15) is 13.2 Å². The van der Waals surface area contributed by atoms with E-state index in [-0.39, 0.29) is 37.5 Å². The van der Waals surface area contributed by atoms with Gasteiger partial charge in [-0.1, -0.05) is 246 Å². The minimum Gasteiger partial charge on any atom is -0.462 e. The van der Waals surface area contributed by atoms with E-state index in [2.05, 4.69) is 124 Å². The molecule has 70 heavy (non-hydrogen) atoms. The summed E-state index contributed by atoms with van der Waals surface area (Å²) in [6, 6.07) is 0. The lowest BCUT2D eigenvalue weighted by atomic mass is 10.1. The summed E-state index contributed by atoms with van der Waals surface area (Å²) in [5, 5.41) is 0. The topological polar surface area (TPSA) is 78.9 Å². The molecule has 0 radical (unpaired) electrons. The summed E-state index contributed by atoms with van der Waals surface area (Å²) >= 11 is 0. The Morgan fingerprint density at radius 2 is 0.643 bits per heavy atom. The van der Waals surface area contributed by atoms with Crippen molar-refractivity contribution in [1.29, 1.82) is 0 Å². The van der Waals surface area contributed by atoms with Gasteiger partial charge in [-0.2, -0.15) is 0 Å². The molecule has 0 aromatic carbocycles. The molecule has 0 heterocycles. The number of rotatable bonds is 51. The summed E-state index contributed by atoms with van der Waals surface area (Å²) < 4.78 is 16.8. The van der Waals surface area contributed by atoms with Crippen molar-refractivity contribution in [3.05, 3.63) is 109 Å². The van der Waals surface area contributed by atoms with Gasteiger partial charge in [-0.15, -0.1) is 0 Å². The Labute approximate surface area is 431 Å². The maximum Gasteiger partial charge on any atom is 0.306 e. The number of carbonyl (C=O) groups is 3. The minimum absolute atomic E-state index is 0.116. The SMILES string of the molecule is CC/C=C\C/C=C\C/C=C\C/C=C\C/C=C\CCC(=O)OCC(COC(=O)CCCCCCC\C=C/C=C\C=C/CCCCCCC)OC(=O)CCCCCCC/C=C\CCCCCCCCCCC. The van der Waals surface area contributed by atoms with E-state index >= 15 is 0 Å². The second-order valence-corrected chi connectivity index (χ2v) is 18.9. The van der Waals surface area contributed by atoms with Gasteiger partial charge in [-0.3, -0.25) is 14.4 Å². The molecule has 1 atom stereocenters. The summed E-state index contributed by atoms with van der Waals surface area (Å²) in [7, 11) is 0. The highest BCUT2D eigenvalue weighted by atomic mass is 16.6. The van der Waals surface area contributed by atoms with Gasteiger partial charge in [0.2, 0.25) is 0 Å². The summed E-state index contributed by atoms with van der Waals surface area (Å²) in [5.41, 5.74) is 0. The van der Waals surface area contributed by atoms with Crippen LogP contribution in [0, 0.1) is 0 Å². The van der Waals surface area contributed by atoms with Gasteiger partial charge in [0.25, 0.3) is 0 Å². The van der Waals surface area contributed by atoms with Crippen molar-refractivity contribution >= 4 is 17.9 Å². The Balaban J connectivity index is 4.54. The fourth-order valence-electron chi connectivity index (χ4n) is 7.72. The highest BCUT2D eigenvalue weighted by Crippen LogP contribution is 2.14. The van der Waals surface area contributed by atoms with E-state index in [0.29, 0.717) is 19.3 Å². The second kappa shape index (κ2) is 57.6. The van der Waals surface area contributed by atoms with E-state index in [1.54, 1.807) is 0 Å². The van der Waals surface area contributed by atoms with Gasteiger partial charge in [0.15, 0.2) is 6.10 Å². The van der Waals surface area contributed by atoms with E-state index < -0.39 is 6.10 Å². The highest BCUT2D eigenvalue weighted by molar-refractivity contribution is 5.71. The number of ether oxygens (including phenoxy) is 3. The van der Waals surface area contributed by atoms with Crippen LogP contribution in [-0.2, 0) is 28.6 Å². The molecule has 0 aliphatic carbocycles. The monoisotopic (exact) mass is 971 g/mol. The van der Waals surface area contributed by atoms with Crippen LogP contribution in [0.15, 0.2) is 109 Å². The number of hydrogen-bond donors (Lipinski definition) is 0. The van der Waals surface area contributed by atoms with Crippen molar-refractivity contribution in [2.45, 2.75) is 264 Å². The summed E-state index contributed by atoms with van der Waals surface area (Å²) in [4.78, 5) is 38.1. The van der Waals surface area contributed by atoms with Crippen molar-refractivity contribution in [3.63, 3.8) is 0 Å². The molecule has 0 amide bonds. The van der Waals surface area contributed by atoms with Crippen molar-refractivity contribution in [1.82, 2.24) is 0 Å². The van der Waals surface area contributed by atoms with E-state index in [1.807, 2.05) is 6.08 Å². The second-order valence-electron chi connectivity index (χ2n) is 18.9. The van der Waals surface area contributed by atoms with Gasteiger partial charge in [-0.25, -0.2) is 0 Å². The molecule has 1 unspecified atom stereocenters. The van der Waals surface area contributed by atoms with Crippen molar-refractivity contribution in [2.24, 2.45) is 0 Å². The molecule has 398 valence electrons. The molecular formula is C64H106O6. The molecule has 0 rings (SSSR count). The van der Waals surface area contributed by atoms with Crippen LogP contribution in [0.5, 0.6) is 0 Å². The van der Waals surface area contributed by atoms with E-state index in [4.69, 9.17) is 14.2 Å². The number of esters is 3. The lowest BCUT2D eigenvalue weighted by molar-refractivity contribution is -0.166. The van der Waals surface area contributed by atoms with Gasteiger partial charge in [-0.05, 0) is 103 Å². The molecule has 0 aromatic heterocycles. The number of hydrogen-bond acceptors (Lipinski definition) is 6. The zero-order valence-electron chi connectivity index (χ0n) is 45.5. The normalized spacial score (nSPS) is 12.9.